The highest BCUT2D eigenvalue weighted by Crippen LogP contribution is 2.38. The van der Waals surface area contributed by atoms with Crippen molar-refractivity contribution in [3.8, 4) is 0 Å². The van der Waals surface area contributed by atoms with Gasteiger partial charge in [-0.2, -0.15) is 0 Å². The molecule has 4 nitrogen and oxygen atoms in total. The van der Waals surface area contributed by atoms with E-state index in [0.29, 0.717) is 6.61 Å². The molecule has 0 N–H and O–H groups in total. The van der Waals surface area contributed by atoms with Crippen molar-refractivity contribution >= 4 is 18.0 Å². The Hall–Kier alpha value is -1.69. The highest BCUT2D eigenvalue weighted by Gasteiger charge is 2.59. The van der Waals surface area contributed by atoms with Gasteiger partial charge in [-0.1, -0.05) is 30.3 Å². The number of hydrogen-bond donors (Lipinski definition) is 0. The molecule has 0 spiro atoms. The van der Waals surface area contributed by atoms with Crippen molar-refractivity contribution in [1.82, 2.24) is 9.38 Å². The summed E-state index contributed by atoms with van der Waals surface area (Å²) in [5.74, 6) is 0. The average Bonchev–Trinajstić information content (AvgIpc) is 2.98. The van der Waals surface area contributed by atoms with E-state index in [1.165, 1.54) is 5.69 Å². The molecule has 5 heteroatoms. The number of benzene rings is 1. The maximum atomic E-state index is 6.32. The number of aryl methyl sites for hydroxylation is 1. The third-order valence-electron chi connectivity index (χ3n) is 5.11. The van der Waals surface area contributed by atoms with Gasteiger partial charge in [0.1, 0.15) is 0 Å². The number of pyridine rings is 1. The van der Waals surface area contributed by atoms with E-state index >= 15 is 0 Å². The lowest BCUT2D eigenvalue weighted by Crippen LogP contribution is -2.77. The third kappa shape index (κ3) is 1.86. The smallest absolute Gasteiger partial charge is 0.508 e. The van der Waals surface area contributed by atoms with Crippen LogP contribution < -0.4 is 9.99 Å². The number of fused-ring (bicyclic) bond motifs is 1. The van der Waals surface area contributed by atoms with Gasteiger partial charge in [-0.25, -0.2) is 0 Å². The molecule has 2 aliphatic heterocycles. The van der Waals surface area contributed by atoms with E-state index in [0.717, 1.165) is 41.7 Å². The van der Waals surface area contributed by atoms with Crippen molar-refractivity contribution in [1.29, 1.82) is 0 Å². The molecule has 114 valence electrons. The van der Waals surface area contributed by atoms with Gasteiger partial charge in [0.15, 0.2) is 0 Å². The van der Waals surface area contributed by atoms with E-state index in [4.69, 9.17) is 9.31 Å². The quantitative estimate of drug-likeness (QED) is 0.794. The van der Waals surface area contributed by atoms with E-state index < -0.39 is 6.69 Å². The summed E-state index contributed by atoms with van der Waals surface area (Å²) in [7, 11) is 0. The molecule has 0 aliphatic carbocycles. The SMILES string of the molecule is Cc1ccc([B-]23OCCC[N+]2(c2ccccc2)CCO3)nc1. The Balaban J connectivity index is 1.89. The highest BCUT2D eigenvalue weighted by molar-refractivity contribution is 6.81. The minimum atomic E-state index is -1.61. The Morgan fingerprint density at radius 1 is 1.00 bits per heavy atom. The van der Waals surface area contributed by atoms with Crippen LogP contribution in [0.4, 0.5) is 5.69 Å². The van der Waals surface area contributed by atoms with Gasteiger partial charge >= 0.3 is 6.69 Å². The summed E-state index contributed by atoms with van der Waals surface area (Å²) < 4.78 is 13.3. The van der Waals surface area contributed by atoms with E-state index in [1.54, 1.807) is 0 Å². The van der Waals surface area contributed by atoms with Crippen molar-refractivity contribution in [2.45, 2.75) is 13.3 Å². The molecule has 4 rings (SSSR count). The zero-order chi connectivity index (χ0) is 15.0. The molecule has 0 radical (unpaired) electrons. The van der Waals surface area contributed by atoms with Crippen LogP contribution in [-0.2, 0) is 9.31 Å². The van der Waals surface area contributed by atoms with Gasteiger partial charge in [-0.15, -0.1) is 0 Å². The van der Waals surface area contributed by atoms with Crippen LogP contribution in [0.2, 0.25) is 0 Å². The Morgan fingerprint density at radius 2 is 1.82 bits per heavy atom. The molecule has 1 aromatic heterocycles. The van der Waals surface area contributed by atoms with Crippen LogP contribution in [-0.4, -0.2) is 38.0 Å². The lowest BCUT2D eigenvalue weighted by Gasteiger charge is -2.55. The number of hydrogen-bond acceptors (Lipinski definition) is 3. The fourth-order valence-corrected chi connectivity index (χ4v) is 4.05. The van der Waals surface area contributed by atoms with Crippen LogP contribution in [0, 0.1) is 6.92 Å². The molecule has 2 saturated heterocycles. The summed E-state index contributed by atoms with van der Waals surface area (Å²) in [4.78, 5) is 4.67. The maximum Gasteiger partial charge on any atom is 0.525 e. The summed E-state index contributed by atoms with van der Waals surface area (Å²) >= 11 is 0. The second-order valence-electron chi connectivity index (χ2n) is 6.34. The normalized spacial score (nSPS) is 31.0. The van der Waals surface area contributed by atoms with Gasteiger partial charge in [0.25, 0.3) is 0 Å². The number of nitrogens with zero attached hydrogens (tertiary/aromatic N) is 2. The lowest BCUT2D eigenvalue weighted by molar-refractivity contribution is 0.152. The van der Waals surface area contributed by atoms with Crippen LogP contribution in [0.15, 0.2) is 48.7 Å². The molecular weight excluding hydrogens is 275 g/mol. The van der Waals surface area contributed by atoms with Crippen LogP contribution in [0.1, 0.15) is 12.0 Å². The fraction of sp³-hybridized carbons (Fsp3) is 0.353. The first-order valence-corrected chi connectivity index (χ1v) is 8.04. The Labute approximate surface area is 131 Å². The molecule has 22 heavy (non-hydrogen) atoms. The Kier molecular flexibility index (Phi) is 3.29. The fourth-order valence-electron chi connectivity index (χ4n) is 4.05. The molecular formula is C17H21BN2O2. The molecule has 2 atom stereocenters. The predicted molar refractivity (Wildman–Crippen MR) is 88.9 cm³/mol. The predicted octanol–water partition coefficient (Wildman–Crippen LogP) is 1.99. The van der Waals surface area contributed by atoms with Gasteiger partial charge in [0, 0.05) is 31.4 Å². The Morgan fingerprint density at radius 3 is 2.59 bits per heavy atom. The zero-order valence-corrected chi connectivity index (χ0v) is 12.9. The number of rotatable bonds is 2. The van der Waals surface area contributed by atoms with E-state index in [-0.39, 0.29) is 0 Å². The second kappa shape index (κ2) is 5.20. The molecule has 0 amide bonds. The standard InChI is InChI=1S/C17H21BN2O2/c1-15-8-9-17(19-14-15)18-20(11-13-22-18,10-5-12-21-18)16-6-3-2-4-7-16/h2-4,6-9,14H,5,10-13H2,1H3. The third-order valence-corrected chi connectivity index (χ3v) is 5.11. The molecule has 0 saturated carbocycles. The van der Waals surface area contributed by atoms with E-state index in [2.05, 4.69) is 54.4 Å². The molecule has 3 heterocycles. The van der Waals surface area contributed by atoms with Crippen LogP contribution in [0.3, 0.4) is 0 Å². The van der Waals surface area contributed by atoms with E-state index in [1.807, 2.05) is 6.20 Å². The summed E-state index contributed by atoms with van der Waals surface area (Å²) in [6, 6.07) is 14.8. The van der Waals surface area contributed by atoms with Crippen LogP contribution in [0.5, 0.6) is 0 Å². The average molecular weight is 296 g/mol. The summed E-state index contributed by atoms with van der Waals surface area (Å²) in [5.41, 5.74) is 3.36. The molecule has 0 bridgehead atoms. The number of quaternary nitrogens is 1. The van der Waals surface area contributed by atoms with Crippen molar-refractivity contribution in [2.75, 3.05) is 26.3 Å². The molecule has 1 aromatic carbocycles. The molecule has 2 aromatic rings. The zero-order valence-electron chi connectivity index (χ0n) is 12.9. The van der Waals surface area contributed by atoms with Crippen molar-refractivity contribution in [3.63, 3.8) is 0 Å². The topological polar surface area (TPSA) is 31.4 Å². The summed E-state index contributed by atoms with van der Waals surface area (Å²) in [6.07, 6.45) is 2.96. The van der Waals surface area contributed by atoms with Crippen molar-refractivity contribution in [3.05, 3.63) is 54.2 Å². The van der Waals surface area contributed by atoms with Gasteiger partial charge in [0.2, 0.25) is 0 Å². The van der Waals surface area contributed by atoms with E-state index in [9.17, 15) is 0 Å². The van der Waals surface area contributed by atoms with Gasteiger partial charge in [-0.05, 0) is 24.6 Å². The molecule has 2 fully saturated rings. The maximum absolute atomic E-state index is 6.32. The van der Waals surface area contributed by atoms with Crippen LogP contribution in [0.25, 0.3) is 0 Å². The van der Waals surface area contributed by atoms with Crippen molar-refractivity contribution < 1.29 is 9.31 Å². The van der Waals surface area contributed by atoms with Gasteiger partial charge < -0.3 is 13.7 Å². The minimum absolute atomic E-state index is 0.713. The lowest BCUT2D eigenvalue weighted by atomic mass is 9.60. The van der Waals surface area contributed by atoms with Crippen LogP contribution >= 0.6 is 0 Å². The first-order valence-electron chi connectivity index (χ1n) is 8.04. The van der Waals surface area contributed by atoms with Gasteiger partial charge in [0.05, 0.1) is 18.8 Å². The second-order valence-corrected chi connectivity index (χ2v) is 6.34. The summed E-state index contributed by atoms with van der Waals surface area (Å²) in [6.45, 7) is 3.88. The first-order chi connectivity index (χ1) is 10.8. The molecule has 2 unspecified atom stereocenters. The largest absolute Gasteiger partial charge is 0.525 e. The van der Waals surface area contributed by atoms with Gasteiger partial charge in [-0.3, -0.25) is 4.98 Å². The highest BCUT2D eigenvalue weighted by atomic mass is 16.6. The number of para-hydroxylation sites is 1. The monoisotopic (exact) mass is 296 g/mol. The molecule has 2 aliphatic rings. The first kappa shape index (κ1) is 13.9. The number of aromatic nitrogens is 1. The minimum Gasteiger partial charge on any atom is -0.508 e. The Bertz CT molecular complexity index is 664. The van der Waals surface area contributed by atoms with Crippen molar-refractivity contribution in [2.24, 2.45) is 0 Å². The summed E-state index contributed by atoms with van der Waals surface area (Å²) in [5, 5.41) is 0.